The summed E-state index contributed by atoms with van der Waals surface area (Å²) in [6.45, 7) is 1.36. The number of carbonyl (C=O) groups excluding carboxylic acids is 3. The van der Waals surface area contributed by atoms with Gasteiger partial charge in [-0.15, -0.1) is 0 Å². The number of hydrogen-bond acceptors (Lipinski definition) is 6. The summed E-state index contributed by atoms with van der Waals surface area (Å²) in [6.07, 6.45) is 0.354. The molecule has 0 aliphatic heterocycles. The van der Waals surface area contributed by atoms with Crippen molar-refractivity contribution < 1.29 is 24.0 Å². The molecule has 2 aromatic rings. The lowest BCUT2D eigenvalue weighted by Crippen LogP contribution is -2.15. The van der Waals surface area contributed by atoms with Gasteiger partial charge in [-0.1, -0.05) is 23.7 Å². The fourth-order valence-corrected chi connectivity index (χ4v) is 2.65. The quantitative estimate of drug-likeness (QED) is 0.284. The molecule has 9 heteroatoms. The average molecular weight is 419 g/mol. The molecule has 0 atom stereocenters. The van der Waals surface area contributed by atoms with Crippen molar-refractivity contribution in [1.29, 1.82) is 0 Å². The first kappa shape index (κ1) is 22.0. The first-order valence-electron chi connectivity index (χ1n) is 8.75. The van der Waals surface area contributed by atoms with E-state index >= 15 is 0 Å². The van der Waals surface area contributed by atoms with E-state index in [0.29, 0.717) is 5.69 Å². The number of ketones is 1. The van der Waals surface area contributed by atoms with Crippen LogP contribution in [0.4, 0.5) is 11.4 Å². The number of halogens is 1. The minimum Gasteiger partial charge on any atom is -0.457 e. The van der Waals surface area contributed by atoms with E-state index < -0.39 is 29.0 Å². The maximum absolute atomic E-state index is 12.0. The van der Waals surface area contributed by atoms with Gasteiger partial charge in [-0.25, -0.2) is 0 Å². The molecule has 8 nitrogen and oxygen atoms in total. The number of anilines is 1. The summed E-state index contributed by atoms with van der Waals surface area (Å²) in [4.78, 5) is 45.8. The molecule has 0 bridgehead atoms. The van der Waals surface area contributed by atoms with Crippen molar-refractivity contribution >= 4 is 40.6 Å². The zero-order valence-electron chi connectivity index (χ0n) is 15.6. The van der Waals surface area contributed by atoms with Crippen molar-refractivity contribution in [2.45, 2.75) is 26.2 Å². The van der Waals surface area contributed by atoms with Crippen LogP contribution in [0.5, 0.6) is 0 Å². The van der Waals surface area contributed by atoms with E-state index in [9.17, 15) is 24.5 Å². The number of nitrogens with one attached hydrogen (secondary N) is 1. The second kappa shape index (κ2) is 10.3. The monoisotopic (exact) mass is 418 g/mol. The number of esters is 1. The Morgan fingerprint density at radius 1 is 1.14 bits per heavy atom. The second-order valence-corrected chi connectivity index (χ2v) is 6.69. The predicted molar refractivity (Wildman–Crippen MR) is 107 cm³/mol. The van der Waals surface area contributed by atoms with Gasteiger partial charge in [0.1, 0.15) is 5.02 Å². The lowest BCUT2D eigenvalue weighted by Gasteiger charge is -2.07. The third kappa shape index (κ3) is 7.00. The highest BCUT2D eigenvalue weighted by Crippen LogP contribution is 2.25. The van der Waals surface area contributed by atoms with Gasteiger partial charge in [-0.3, -0.25) is 24.5 Å². The zero-order chi connectivity index (χ0) is 21.4. The molecule has 29 heavy (non-hydrogen) atoms. The van der Waals surface area contributed by atoms with Crippen LogP contribution in [0.25, 0.3) is 0 Å². The maximum Gasteiger partial charge on any atom is 0.306 e. The van der Waals surface area contributed by atoms with Crippen LogP contribution < -0.4 is 5.32 Å². The van der Waals surface area contributed by atoms with Gasteiger partial charge < -0.3 is 10.1 Å². The van der Waals surface area contributed by atoms with Crippen LogP contribution in [0.15, 0.2) is 42.5 Å². The van der Waals surface area contributed by atoms with Crippen molar-refractivity contribution in [3.8, 4) is 0 Å². The molecule has 0 aromatic heterocycles. The number of nitrogens with zero attached hydrogens (tertiary/aromatic N) is 1. The smallest absolute Gasteiger partial charge is 0.306 e. The number of benzene rings is 2. The molecule has 0 saturated carbocycles. The van der Waals surface area contributed by atoms with E-state index in [-0.39, 0.29) is 35.8 Å². The van der Waals surface area contributed by atoms with Gasteiger partial charge in [-0.2, -0.15) is 0 Å². The number of nitro benzene ring substituents is 1. The summed E-state index contributed by atoms with van der Waals surface area (Å²) in [5.41, 5.74) is 1.32. The molecule has 1 amide bonds. The van der Waals surface area contributed by atoms with Crippen LogP contribution in [0.1, 0.15) is 35.2 Å². The Morgan fingerprint density at radius 3 is 2.59 bits per heavy atom. The van der Waals surface area contributed by atoms with Gasteiger partial charge in [-0.05, 0) is 43.2 Å². The Bertz CT molecular complexity index is 944. The molecule has 0 aliphatic rings. The Labute approximate surface area is 172 Å². The third-order valence-corrected chi connectivity index (χ3v) is 4.24. The van der Waals surface area contributed by atoms with Crippen LogP contribution in [0.2, 0.25) is 5.02 Å². The first-order valence-corrected chi connectivity index (χ1v) is 9.13. The van der Waals surface area contributed by atoms with E-state index in [1.54, 1.807) is 6.07 Å². The fraction of sp³-hybridized carbons (Fsp3) is 0.250. The Hall–Kier alpha value is -3.26. The van der Waals surface area contributed by atoms with Crippen LogP contribution >= 0.6 is 11.6 Å². The van der Waals surface area contributed by atoms with Crippen molar-refractivity contribution in [2.75, 3.05) is 11.9 Å². The van der Waals surface area contributed by atoms with E-state index in [2.05, 4.69) is 5.32 Å². The molecule has 0 spiro atoms. The molecule has 0 radical (unpaired) electrons. The minimum absolute atomic E-state index is 0.0198. The Balaban J connectivity index is 1.74. The average Bonchev–Trinajstić information content (AvgIpc) is 2.66. The Kier molecular flexibility index (Phi) is 7.85. The largest absolute Gasteiger partial charge is 0.457 e. The number of amides is 1. The molecular weight excluding hydrogens is 400 g/mol. The molecule has 0 unspecified atom stereocenters. The van der Waals surface area contributed by atoms with Crippen LogP contribution in [0.3, 0.4) is 0 Å². The molecule has 0 aliphatic carbocycles. The predicted octanol–water partition coefficient (Wildman–Crippen LogP) is 4.09. The van der Waals surface area contributed by atoms with Crippen molar-refractivity contribution in [1.82, 2.24) is 0 Å². The van der Waals surface area contributed by atoms with Crippen LogP contribution in [-0.2, 0) is 14.3 Å². The van der Waals surface area contributed by atoms with Crippen molar-refractivity contribution in [3.63, 3.8) is 0 Å². The molecule has 0 fully saturated rings. The summed E-state index contributed by atoms with van der Waals surface area (Å²) >= 11 is 5.69. The van der Waals surface area contributed by atoms with Gasteiger partial charge >= 0.3 is 5.97 Å². The SMILES string of the molecule is Cc1cccc(NC(=O)CCCC(=O)OCC(=O)c2ccc(Cl)c([N+](=O)[O-])c2)c1. The highest BCUT2D eigenvalue weighted by molar-refractivity contribution is 6.32. The summed E-state index contributed by atoms with van der Waals surface area (Å²) < 4.78 is 4.88. The number of Topliss-reactive ketones (excluding diaryl/α,β-unsaturated/α-hetero) is 1. The molecule has 2 aromatic carbocycles. The topological polar surface area (TPSA) is 116 Å². The summed E-state index contributed by atoms with van der Waals surface area (Å²) in [5, 5.41) is 13.5. The highest BCUT2D eigenvalue weighted by atomic mass is 35.5. The summed E-state index contributed by atoms with van der Waals surface area (Å²) in [7, 11) is 0. The lowest BCUT2D eigenvalue weighted by molar-refractivity contribution is -0.384. The number of nitro groups is 1. The number of rotatable bonds is 9. The van der Waals surface area contributed by atoms with Gasteiger partial charge in [0, 0.05) is 30.2 Å². The molecule has 1 N–H and O–H groups in total. The number of hydrogen-bond donors (Lipinski definition) is 1. The fourth-order valence-electron chi connectivity index (χ4n) is 2.47. The molecular formula is C20H19ClN2O6. The number of ether oxygens (including phenoxy) is 1. The van der Waals surface area contributed by atoms with Gasteiger partial charge in [0.25, 0.3) is 5.69 Å². The maximum atomic E-state index is 12.0. The molecule has 152 valence electrons. The standard InChI is InChI=1S/C20H19ClN2O6/c1-13-4-2-5-15(10-13)22-19(25)6-3-7-20(26)29-12-18(24)14-8-9-16(21)17(11-14)23(27)28/h2,4-5,8-11H,3,6-7,12H2,1H3,(H,22,25). The summed E-state index contributed by atoms with van der Waals surface area (Å²) in [6, 6.07) is 10.9. The second-order valence-electron chi connectivity index (χ2n) is 6.28. The highest BCUT2D eigenvalue weighted by Gasteiger charge is 2.17. The van der Waals surface area contributed by atoms with Crippen LogP contribution in [0, 0.1) is 17.0 Å². The first-order chi connectivity index (χ1) is 13.8. The van der Waals surface area contributed by atoms with Gasteiger partial charge in [0.05, 0.1) is 4.92 Å². The van der Waals surface area contributed by atoms with Gasteiger partial charge in [0.15, 0.2) is 6.61 Å². The molecule has 0 heterocycles. The van der Waals surface area contributed by atoms with E-state index in [1.165, 1.54) is 12.1 Å². The lowest BCUT2D eigenvalue weighted by atomic mass is 10.1. The Morgan fingerprint density at radius 2 is 1.90 bits per heavy atom. The van der Waals surface area contributed by atoms with Crippen molar-refractivity contribution in [3.05, 3.63) is 68.7 Å². The number of carbonyl (C=O) groups is 3. The summed E-state index contributed by atoms with van der Waals surface area (Å²) in [5.74, 6) is -1.45. The normalized spacial score (nSPS) is 10.3. The molecule has 0 saturated heterocycles. The van der Waals surface area contributed by atoms with E-state index in [4.69, 9.17) is 16.3 Å². The van der Waals surface area contributed by atoms with Crippen LogP contribution in [-0.4, -0.2) is 29.2 Å². The van der Waals surface area contributed by atoms with Crippen molar-refractivity contribution in [2.24, 2.45) is 0 Å². The zero-order valence-corrected chi connectivity index (χ0v) is 16.4. The van der Waals surface area contributed by atoms with E-state index in [1.807, 2.05) is 25.1 Å². The minimum atomic E-state index is -0.701. The number of aryl methyl sites for hydroxylation is 1. The van der Waals surface area contributed by atoms with Gasteiger partial charge in [0.2, 0.25) is 11.7 Å². The third-order valence-electron chi connectivity index (χ3n) is 3.92. The molecule has 2 rings (SSSR count). The van der Waals surface area contributed by atoms with E-state index in [0.717, 1.165) is 11.6 Å².